The fourth-order valence-electron chi connectivity index (χ4n) is 3.59. The zero-order valence-corrected chi connectivity index (χ0v) is 15.4. The van der Waals surface area contributed by atoms with E-state index in [1.807, 2.05) is 0 Å². The van der Waals surface area contributed by atoms with Crippen molar-refractivity contribution in [3.63, 3.8) is 0 Å². The number of ether oxygens (including phenoxy) is 1. The first-order chi connectivity index (χ1) is 13.0. The van der Waals surface area contributed by atoms with E-state index in [1.165, 1.54) is 16.5 Å². The van der Waals surface area contributed by atoms with Crippen molar-refractivity contribution >= 4 is 34.0 Å². The van der Waals surface area contributed by atoms with E-state index in [0.717, 1.165) is 0 Å². The van der Waals surface area contributed by atoms with Crippen LogP contribution < -0.4 is 11.1 Å². The monoisotopic (exact) mass is 382 g/mol. The van der Waals surface area contributed by atoms with Gasteiger partial charge in [-0.2, -0.15) is 0 Å². The molecule has 0 fully saturated rings. The molecule has 6 nitrogen and oxygen atoms in total. The van der Waals surface area contributed by atoms with E-state index in [4.69, 9.17) is 16.3 Å². The van der Waals surface area contributed by atoms with Gasteiger partial charge < -0.3 is 4.74 Å². The van der Waals surface area contributed by atoms with Gasteiger partial charge in [0.1, 0.15) is 6.04 Å². The summed E-state index contributed by atoms with van der Waals surface area (Å²) in [6.07, 6.45) is 0. The molecule has 4 rings (SSSR count). The Hall–Kier alpha value is -3.12. The Morgan fingerprint density at radius 1 is 1.00 bits per heavy atom. The Labute approximate surface area is 158 Å². The number of carbonyl (C=O) groups is 1. The van der Waals surface area contributed by atoms with E-state index in [1.54, 1.807) is 55.5 Å². The molecule has 2 aromatic carbocycles. The number of allylic oxidation sites excluding steroid dienone is 1. The van der Waals surface area contributed by atoms with Crippen molar-refractivity contribution in [3.05, 3.63) is 85.4 Å². The summed E-state index contributed by atoms with van der Waals surface area (Å²) < 4.78 is 7.51. The number of benzene rings is 2. The Morgan fingerprint density at radius 2 is 1.59 bits per heavy atom. The molecule has 0 bridgehead atoms. The highest BCUT2D eigenvalue weighted by Gasteiger charge is 2.37. The van der Waals surface area contributed by atoms with Crippen LogP contribution in [0.2, 0.25) is 5.02 Å². The maximum absolute atomic E-state index is 13.2. The quantitative estimate of drug-likeness (QED) is 0.639. The highest BCUT2D eigenvalue weighted by atomic mass is 35.5. The van der Waals surface area contributed by atoms with Crippen molar-refractivity contribution in [2.45, 2.75) is 13.0 Å². The van der Waals surface area contributed by atoms with Crippen molar-refractivity contribution in [2.24, 2.45) is 0 Å². The molecular formula is C20H15ClN2O4. The summed E-state index contributed by atoms with van der Waals surface area (Å²) in [7, 11) is 1.27. The van der Waals surface area contributed by atoms with Gasteiger partial charge in [-0.3, -0.25) is 9.59 Å². The summed E-state index contributed by atoms with van der Waals surface area (Å²) in [5.74, 6) is -0.591. The van der Waals surface area contributed by atoms with Crippen LogP contribution in [0.4, 0.5) is 0 Å². The summed E-state index contributed by atoms with van der Waals surface area (Å²) in [4.78, 5) is 38.8. The fourth-order valence-corrected chi connectivity index (χ4v) is 3.71. The number of halogens is 1. The van der Waals surface area contributed by atoms with Crippen LogP contribution in [0.25, 0.3) is 16.5 Å². The van der Waals surface area contributed by atoms with Crippen LogP contribution in [0.5, 0.6) is 0 Å². The van der Waals surface area contributed by atoms with Gasteiger partial charge in [0.25, 0.3) is 11.1 Å². The topological polar surface area (TPSA) is 70.3 Å². The molecule has 1 aliphatic rings. The Bertz CT molecular complexity index is 1240. The summed E-state index contributed by atoms with van der Waals surface area (Å²) in [5.41, 5.74) is 0.551. The van der Waals surface area contributed by atoms with E-state index < -0.39 is 12.0 Å². The second-order valence-corrected chi connectivity index (χ2v) is 6.69. The van der Waals surface area contributed by atoms with Crippen molar-refractivity contribution in [1.82, 2.24) is 9.36 Å². The summed E-state index contributed by atoms with van der Waals surface area (Å²) >= 11 is 5.98. The SMILES string of the molecule is COC(=O)C1=C(C)n2c(=O)c3ccccc3c(=O)n2C1c1ccc(Cl)cc1. The molecule has 0 amide bonds. The lowest BCUT2D eigenvalue weighted by Crippen LogP contribution is -2.37. The van der Waals surface area contributed by atoms with Gasteiger partial charge in [0, 0.05) is 5.02 Å². The first-order valence-corrected chi connectivity index (χ1v) is 8.65. The number of rotatable bonds is 2. The zero-order chi connectivity index (χ0) is 19.3. The average molecular weight is 383 g/mol. The number of hydrogen-bond acceptors (Lipinski definition) is 4. The number of carbonyl (C=O) groups excluding carboxylic acids is 1. The van der Waals surface area contributed by atoms with Crippen LogP contribution in [0.1, 0.15) is 18.5 Å². The van der Waals surface area contributed by atoms with Crippen molar-refractivity contribution in [2.75, 3.05) is 7.11 Å². The number of methoxy groups -OCH3 is 1. The lowest BCUT2D eigenvalue weighted by molar-refractivity contribution is -0.136. The highest BCUT2D eigenvalue weighted by Crippen LogP contribution is 2.35. The minimum absolute atomic E-state index is 0.245. The molecule has 0 aliphatic carbocycles. The molecule has 0 saturated heterocycles. The van der Waals surface area contributed by atoms with Crippen LogP contribution in [-0.2, 0) is 9.53 Å². The van der Waals surface area contributed by atoms with Crippen LogP contribution in [0.3, 0.4) is 0 Å². The zero-order valence-electron chi connectivity index (χ0n) is 14.6. The second-order valence-electron chi connectivity index (χ2n) is 6.26. The maximum Gasteiger partial charge on any atom is 0.338 e. The summed E-state index contributed by atoms with van der Waals surface area (Å²) in [6, 6.07) is 12.6. The van der Waals surface area contributed by atoms with E-state index >= 15 is 0 Å². The van der Waals surface area contributed by atoms with Crippen LogP contribution >= 0.6 is 11.6 Å². The number of aromatic nitrogens is 2. The van der Waals surface area contributed by atoms with Gasteiger partial charge >= 0.3 is 5.97 Å². The second kappa shape index (κ2) is 6.25. The minimum atomic E-state index is -0.778. The van der Waals surface area contributed by atoms with Gasteiger partial charge in [0.05, 0.1) is 29.2 Å². The first-order valence-electron chi connectivity index (χ1n) is 8.27. The van der Waals surface area contributed by atoms with Crippen LogP contribution in [0.15, 0.2) is 63.7 Å². The largest absolute Gasteiger partial charge is 0.466 e. The number of fused-ring (bicyclic) bond motifs is 2. The Balaban J connectivity index is 2.14. The molecule has 1 aliphatic heterocycles. The molecular weight excluding hydrogens is 368 g/mol. The van der Waals surface area contributed by atoms with Gasteiger partial charge in [-0.1, -0.05) is 35.9 Å². The minimum Gasteiger partial charge on any atom is -0.466 e. The van der Waals surface area contributed by atoms with E-state index in [0.29, 0.717) is 27.1 Å². The molecule has 0 saturated carbocycles. The van der Waals surface area contributed by atoms with Gasteiger partial charge in [0.15, 0.2) is 0 Å². The first kappa shape index (κ1) is 17.3. The summed E-state index contributed by atoms with van der Waals surface area (Å²) in [6.45, 7) is 1.63. The Kier molecular flexibility index (Phi) is 4.00. The average Bonchev–Trinajstić information content (AvgIpc) is 2.99. The van der Waals surface area contributed by atoms with Crippen molar-refractivity contribution < 1.29 is 9.53 Å². The molecule has 1 aromatic heterocycles. The number of esters is 1. The molecule has 1 atom stereocenters. The molecule has 0 radical (unpaired) electrons. The lowest BCUT2D eigenvalue weighted by atomic mass is 9.98. The molecule has 2 heterocycles. The van der Waals surface area contributed by atoms with E-state index in [2.05, 4.69) is 0 Å². The molecule has 7 heteroatoms. The van der Waals surface area contributed by atoms with Gasteiger partial charge in [0.2, 0.25) is 0 Å². The van der Waals surface area contributed by atoms with E-state index in [9.17, 15) is 14.4 Å². The predicted octanol–water partition coefficient (Wildman–Crippen LogP) is 2.82. The smallest absolute Gasteiger partial charge is 0.338 e. The number of hydrogen-bond donors (Lipinski definition) is 0. The molecule has 136 valence electrons. The summed E-state index contributed by atoms with van der Waals surface area (Å²) in [5, 5.41) is 1.14. The van der Waals surface area contributed by atoms with Crippen molar-refractivity contribution in [1.29, 1.82) is 0 Å². The molecule has 1 unspecified atom stereocenters. The van der Waals surface area contributed by atoms with Crippen LogP contribution in [-0.4, -0.2) is 22.4 Å². The van der Waals surface area contributed by atoms with Crippen molar-refractivity contribution in [3.8, 4) is 0 Å². The normalized spacial score (nSPS) is 15.9. The molecule has 0 spiro atoms. The Morgan fingerprint density at radius 3 is 2.19 bits per heavy atom. The predicted molar refractivity (Wildman–Crippen MR) is 103 cm³/mol. The molecule has 0 N–H and O–H groups in total. The number of nitrogens with zero attached hydrogens (tertiary/aromatic N) is 2. The van der Waals surface area contributed by atoms with Gasteiger partial charge in [-0.15, -0.1) is 0 Å². The van der Waals surface area contributed by atoms with Crippen LogP contribution in [0, 0.1) is 0 Å². The third-order valence-corrected chi connectivity index (χ3v) is 5.07. The maximum atomic E-state index is 13.2. The lowest BCUT2D eigenvalue weighted by Gasteiger charge is -2.18. The molecule has 3 aromatic rings. The highest BCUT2D eigenvalue weighted by molar-refractivity contribution is 6.30. The van der Waals surface area contributed by atoms with E-state index in [-0.39, 0.29) is 16.7 Å². The fraction of sp³-hybridized carbons (Fsp3) is 0.150. The standard InChI is InChI=1S/C20H15ClN2O4/c1-11-16(20(26)27-2)17(12-7-9-13(21)10-8-12)23-19(25)15-6-4-3-5-14(15)18(24)22(11)23/h3-10,17H,1-2H3. The van der Waals surface area contributed by atoms with Gasteiger partial charge in [-0.05, 0) is 36.8 Å². The third kappa shape index (κ3) is 2.44. The van der Waals surface area contributed by atoms with Gasteiger partial charge in [-0.25, -0.2) is 14.2 Å². The third-order valence-electron chi connectivity index (χ3n) is 4.82. The molecule has 27 heavy (non-hydrogen) atoms.